The topological polar surface area (TPSA) is 127 Å². The molecule has 2 saturated heterocycles. The first-order valence-corrected chi connectivity index (χ1v) is 6.67. The predicted octanol–water partition coefficient (Wildman–Crippen LogP) is -1.64. The number of aliphatic carboxylic acids is 1. The standard InChI is InChI=1S/C12H17N3O6/c1-2-7-10(18)13-9(17)5-15(7)12(21)14-4-6(16)3-8(14)11(19)20/h6-8,16H,2-5H2,1H3,(H,19,20)(H,13,17,18)/t6-,7?,8-/m0/s1. The molecule has 2 fully saturated rings. The summed E-state index contributed by atoms with van der Waals surface area (Å²) in [7, 11) is 0. The lowest BCUT2D eigenvalue weighted by atomic mass is 10.1. The maximum Gasteiger partial charge on any atom is 0.326 e. The van der Waals surface area contributed by atoms with Gasteiger partial charge in [0.05, 0.1) is 6.10 Å². The van der Waals surface area contributed by atoms with E-state index in [2.05, 4.69) is 5.32 Å². The number of hydrogen-bond donors (Lipinski definition) is 3. The summed E-state index contributed by atoms with van der Waals surface area (Å²) in [5.41, 5.74) is 0. The molecule has 0 aromatic heterocycles. The van der Waals surface area contributed by atoms with E-state index in [0.29, 0.717) is 6.42 Å². The van der Waals surface area contributed by atoms with E-state index in [-0.39, 0.29) is 19.5 Å². The number of urea groups is 1. The lowest BCUT2D eigenvalue weighted by Gasteiger charge is -2.36. The molecule has 2 heterocycles. The number of imide groups is 1. The molecule has 0 aromatic rings. The van der Waals surface area contributed by atoms with Crippen LogP contribution < -0.4 is 5.32 Å². The van der Waals surface area contributed by atoms with Gasteiger partial charge in [-0.25, -0.2) is 9.59 Å². The molecular weight excluding hydrogens is 282 g/mol. The monoisotopic (exact) mass is 299 g/mol. The molecule has 3 N–H and O–H groups in total. The summed E-state index contributed by atoms with van der Waals surface area (Å²) in [6.07, 6.45) is -0.686. The van der Waals surface area contributed by atoms with Crippen molar-refractivity contribution in [2.45, 2.75) is 38.0 Å². The Morgan fingerprint density at radius 3 is 2.57 bits per heavy atom. The van der Waals surface area contributed by atoms with Crippen LogP contribution >= 0.6 is 0 Å². The molecule has 4 amide bonds. The van der Waals surface area contributed by atoms with Gasteiger partial charge in [-0.3, -0.25) is 14.9 Å². The quantitative estimate of drug-likeness (QED) is 0.525. The number of carbonyl (C=O) groups excluding carboxylic acids is 3. The third kappa shape index (κ3) is 2.82. The number of aliphatic hydroxyl groups excluding tert-OH is 1. The molecule has 0 saturated carbocycles. The van der Waals surface area contributed by atoms with E-state index in [4.69, 9.17) is 5.11 Å². The minimum atomic E-state index is -1.22. The second-order valence-corrected chi connectivity index (χ2v) is 5.14. The molecular formula is C12H17N3O6. The number of carboxylic acids is 1. The van der Waals surface area contributed by atoms with Crippen LogP contribution in [0, 0.1) is 0 Å². The maximum absolute atomic E-state index is 12.5. The van der Waals surface area contributed by atoms with Crippen LogP contribution in [-0.4, -0.2) is 75.1 Å². The Bertz CT molecular complexity index is 493. The lowest BCUT2D eigenvalue weighted by molar-refractivity contribution is -0.141. The van der Waals surface area contributed by atoms with Gasteiger partial charge in [0.1, 0.15) is 18.6 Å². The minimum absolute atomic E-state index is 0.0636. The Morgan fingerprint density at radius 2 is 2.00 bits per heavy atom. The van der Waals surface area contributed by atoms with Crippen molar-refractivity contribution in [3.8, 4) is 0 Å². The molecule has 0 radical (unpaired) electrons. The number of likely N-dealkylation sites (tertiary alicyclic amines) is 1. The highest BCUT2D eigenvalue weighted by Gasteiger charge is 2.44. The molecule has 2 rings (SSSR count). The number of hydrogen-bond acceptors (Lipinski definition) is 5. The number of nitrogens with one attached hydrogen (secondary N) is 1. The summed E-state index contributed by atoms with van der Waals surface area (Å²) in [6.45, 7) is 1.26. The van der Waals surface area contributed by atoms with Crippen molar-refractivity contribution in [1.82, 2.24) is 15.1 Å². The van der Waals surface area contributed by atoms with Crippen molar-refractivity contribution in [3.05, 3.63) is 0 Å². The molecule has 116 valence electrons. The van der Waals surface area contributed by atoms with Crippen LogP contribution in [0.25, 0.3) is 0 Å². The molecule has 0 aromatic carbocycles. The van der Waals surface area contributed by atoms with Crippen LogP contribution in [0.15, 0.2) is 0 Å². The highest BCUT2D eigenvalue weighted by Crippen LogP contribution is 2.22. The molecule has 2 aliphatic rings. The largest absolute Gasteiger partial charge is 0.480 e. The molecule has 1 unspecified atom stereocenters. The Balaban J connectivity index is 2.22. The summed E-state index contributed by atoms with van der Waals surface area (Å²) >= 11 is 0. The Labute approximate surface area is 120 Å². The SMILES string of the molecule is CCC1C(=O)NC(=O)CN1C(=O)N1C[C@@H](O)C[C@H]1C(=O)O. The van der Waals surface area contributed by atoms with Crippen molar-refractivity contribution >= 4 is 23.8 Å². The van der Waals surface area contributed by atoms with Gasteiger partial charge in [0, 0.05) is 13.0 Å². The number of nitrogens with zero attached hydrogens (tertiary/aromatic N) is 2. The fraction of sp³-hybridized carbons (Fsp3) is 0.667. The van der Waals surface area contributed by atoms with Gasteiger partial charge in [-0.1, -0.05) is 6.92 Å². The van der Waals surface area contributed by atoms with E-state index < -0.39 is 42.0 Å². The van der Waals surface area contributed by atoms with Gasteiger partial charge in [-0.15, -0.1) is 0 Å². The van der Waals surface area contributed by atoms with Gasteiger partial charge in [0.2, 0.25) is 11.8 Å². The van der Waals surface area contributed by atoms with Crippen LogP contribution in [0.4, 0.5) is 4.79 Å². The van der Waals surface area contributed by atoms with E-state index in [1.165, 1.54) is 0 Å². The second-order valence-electron chi connectivity index (χ2n) is 5.14. The molecule has 0 aliphatic carbocycles. The van der Waals surface area contributed by atoms with E-state index in [1.54, 1.807) is 6.92 Å². The number of piperazine rings is 1. The van der Waals surface area contributed by atoms with Gasteiger partial charge >= 0.3 is 12.0 Å². The second kappa shape index (κ2) is 5.68. The van der Waals surface area contributed by atoms with Gasteiger partial charge in [-0.05, 0) is 6.42 Å². The number of aliphatic hydroxyl groups is 1. The van der Waals surface area contributed by atoms with Crippen molar-refractivity contribution < 1.29 is 29.4 Å². The van der Waals surface area contributed by atoms with Gasteiger partial charge in [0.25, 0.3) is 0 Å². The molecule has 9 heteroatoms. The van der Waals surface area contributed by atoms with E-state index in [1.807, 2.05) is 0 Å². The number of carboxylic acid groups (broad SMARTS) is 1. The normalized spacial score (nSPS) is 29.5. The zero-order chi connectivity index (χ0) is 15.7. The fourth-order valence-corrected chi connectivity index (χ4v) is 2.70. The summed E-state index contributed by atoms with van der Waals surface area (Å²) in [5.74, 6) is -2.40. The van der Waals surface area contributed by atoms with Gasteiger partial charge < -0.3 is 20.0 Å². The van der Waals surface area contributed by atoms with E-state index in [9.17, 15) is 24.3 Å². The number of rotatable bonds is 2. The molecule has 2 aliphatic heterocycles. The highest BCUT2D eigenvalue weighted by atomic mass is 16.4. The Kier molecular flexibility index (Phi) is 4.12. The van der Waals surface area contributed by atoms with Crippen LogP contribution in [0.2, 0.25) is 0 Å². The molecule has 0 spiro atoms. The third-order valence-corrected chi connectivity index (χ3v) is 3.70. The maximum atomic E-state index is 12.5. The van der Waals surface area contributed by atoms with E-state index in [0.717, 1.165) is 9.80 Å². The predicted molar refractivity (Wildman–Crippen MR) is 68.1 cm³/mol. The summed E-state index contributed by atoms with van der Waals surface area (Å²) in [6, 6.07) is -2.68. The highest BCUT2D eigenvalue weighted by molar-refractivity contribution is 6.04. The minimum Gasteiger partial charge on any atom is -0.480 e. The van der Waals surface area contributed by atoms with Crippen LogP contribution in [0.3, 0.4) is 0 Å². The van der Waals surface area contributed by atoms with Crippen molar-refractivity contribution in [2.24, 2.45) is 0 Å². The molecule has 3 atom stereocenters. The van der Waals surface area contributed by atoms with Crippen molar-refractivity contribution in [3.63, 3.8) is 0 Å². The first kappa shape index (κ1) is 15.2. The van der Waals surface area contributed by atoms with E-state index >= 15 is 0 Å². The van der Waals surface area contributed by atoms with Crippen LogP contribution in [-0.2, 0) is 14.4 Å². The summed E-state index contributed by atoms with van der Waals surface area (Å²) in [5, 5.41) is 20.8. The Hall–Kier alpha value is -2.16. The third-order valence-electron chi connectivity index (χ3n) is 3.70. The smallest absolute Gasteiger partial charge is 0.326 e. The average Bonchev–Trinajstić information content (AvgIpc) is 2.79. The summed E-state index contributed by atoms with van der Waals surface area (Å²) in [4.78, 5) is 48.9. The van der Waals surface area contributed by atoms with Gasteiger partial charge in [0.15, 0.2) is 0 Å². The van der Waals surface area contributed by atoms with Crippen LogP contribution in [0.1, 0.15) is 19.8 Å². The number of amides is 4. The average molecular weight is 299 g/mol. The fourth-order valence-electron chi connectivity index (χ4n) is 2.70. The van der Waals surface area contributed by atoms with Crippen molar-refractivity contribution in [1.29, 1.82) is 0 Å². The zero-order valence-electron chi connectivity index (χ0n) is 11.5. The molecule has 0 bridgehead atoms. The first-order valence-electron chi connectivity index (χ1n) is 6.67. The van der Waals surface area contributed by atoms with Crippen LogP contribution in [0.5, 0.6) is 0 Å². The number of β-amino-alcohol motifs (C(OH)–C–C–N with tert-alkyl or cyclic N) is 1. The molecule has 9 nitrogen and oxygen atoms in total. The number of carbonyl (C=O) groups is 4. The lowest BCUT2D eigenvalue weighted by Crippen LogP contribution is -2.62. The van der Waals surface area contributed by atoms with Gasteiger partial charge in [-0.2, -0.15) is 0 Å². The summed E-state index contributed by atoms with van der Waals surface area (Å²) < 4.78 is 0. The zero-order valence-corrected chi connectivity index (χ0v) is 11.5. The molecule has 21 heavy (non-hydrogen) atoms. The Morgan fingerprint density at radius 1 is 1.33 bits per heavy atom. The van der Waals surface area contributed by atoms with Crippen molar-refractivity contribution in [2.75, 3.05) is 13.1 Å². The first-order chi connectivity index (χ1) is 9.85.